The van der Waals surface area contributed by atoms with Crippen LogP contribution in [-0.2, 0) is 11.3 Å². The maximum atomic E-state index is 12.0. The number of benzene rings is 1. The lowest BCUT2D eigenvalue weighted by molar-refractivity contribution is -0.130. The van der Waals surface area contributed by atoms with Crippen LogP contribution in [-0.4, -0.2) is 54.9 Å². The maximum absolute atomic E-state index is 12.0. The predicted octanol–water partition coefficient (Wildman–Crippen LogP) is 2.34. The summed E-state index contributed by atoms with van der Waals surface area (Å²) in [5, 5.41) is 3.28. The van der Waals surface area contributed by atoms with Crippen molar-refractivity contribution in [2.45, 2.75) is 33.7 Å². The van der Waals surface area contributed by atoms with E-state index in [9.17, 15) is 4.79 Å². The number of nitrogens with zero attached hydrogens (tertiary/aromatic N) is 3. The van der Waals surface area contributed by atoms with E-state index in [0.717, 1.165) is 32.1 Å². The van der Waals surface area contributed by atoms with Gasteiger partial charge in [0, 0.05) is 39.6 Å². The van der Waals surface area contributed by atoms with Crippen molar-refractivity contribution < 1.29 is 4.79 Å². The number of guanidine groups is 1. The summed E-state index contributed by atoms with van der Waals surface area (Å²) in [5.74, 6) is 1.00. The Kier molecular flexibility index (Phi) is 8.80. The van der Waals surface area contributed by atoms with Crippen LogP contribution in [0.15, 0.2) is 35.3 Å². The standard InChI is InChI=1S/C18H30N4O/c1-5-19-18(20-14-13-17(23)22(6-2)7-3)21(4)15-16-11-9-8-10-12-16/h8-12H,5-7,13-15H2,1-4H3,(H,19,20). The van der Waals surface area contributed by atoms with Crippen LogP contribution in [0.1, 0.15) is 32.8 Å². The van der Waals surface area contributed by atoms with Crippen LogP contribution in [0.5, 0.6) is 0 Å². The monoisotopic (exact) mass is 318 g/mol. The van der Waals surface area contributed by atoms with Crippen molar-refractivity contribution in [3.05, 3.63) is 35.9 Å². The van der Waals surface area contributed by atoms with Gasteiger partial charge < -0.3 is 15.1 Å². The topological polar surface area (TPSA) is 47.9 Å². The molecule has 1 aromatic carbocycles. The Morgan fingerprint density at radius 2 is 1.78 bits per heavy atom. The fourth-order valence-corrected chi connectivity index (χ4v) is 2.39. The summed E-state index contributed by atoms with van der Waals surface area (Å²) in [4.78, 5) is 20.5. The number of hydrogen-bond donors (Lipinski definition) is 1. The van der Waals surface area contributed by atoms with Crippen molar-refractivity contribution in [3.63, 3.8) is 0 Å². The zero-order chi connectivity index (χ0) is 17.1. The summed E-state index contributed by atoms with van der Waals surface area (Å²) < 4.78 is 0. The van der Waals surface area contributed by atoms with Gasteiger partial charge in [0.05, 0.1) is 6.54 Å². The van der Waals surface area contributed by atoms with Gasteiger partial charge in [-0.15, -0.1) is 0 Å². The van der Waals surface area contributed by atoms with Crippen molar-refractivity contribution in [2.24, 2.45) is 4.99 Å². The molecule has 1 aromatic rings. The largest absolute Gasteiger partial charge is 0.357 e. The highest BCUT2D eigenvalue weighted by atomic mass is 16.2. The smallest absolute Gasteiger partial charge is 0.224 e. The minimum Gasteiger partial charge on any atom is -0.357 e. The molecule has 128 valence electrons. The fraction of sp³-hybridized carbons (Fsp3) is 0.556. The van der Waals surface area contributed by atoms with Crippen LogP contribution in [0.2, 0.25) is 0 Å². The average molecular weight is 318 g/mol. The minimum absolute atomic E-state index is 0.167. The fourth-order valence-electron chi connectivity index (χ4n) is 2.39. The number of hydrogen-bond acceptors (Lipinski definition) is 2. The van der Waals surface area contributed by atoms with Gasteiger partial charge in [0.1, 0.15) is 0 Å². The Bertz CT molecular complexity index is 483. The molecule has 1 rings (SSSR count). The van der Waals surface area contributed by atoms with Crippen LogP contribution < -0.4 is 5.32 Å². The van der Waals surface area contributed by atoms with E-state index < -0.39 is 0 Å². The first-order valence-electron chi connectivity index (χ1n) is 8.43. The van der Waals surface area contributed by atoms with E-state index in [2.05, 4.69) is 27.3 Å². The molecule has 0 bridgehead atoms. The van der Waals surface area contributed by atoms with Crippen molar-refractivity contribution >= 4 is 11.9 Å². The zero-order valence-electron chi connectivity index (χ0n) is 14.9. The lowest BCUT2D eigenvalue weighted by Gasteiger charge is -2.22. The summed E-state index contributed by atoms with van der Waals surface area (Å²) in [7, 11) is 2.01. The Hall–Kier alpha value is -2.04. The van der Waals surface area contributed by atoms with Crippen LogP contribution in [0, 0.1) is 0 Å². The van der Waals surface area contributed by atoms with Crippen molar-refractivity contribution in [3.8, 4) is 0 Å². The summed E-state index contributed by atoms with van der Waals surface area (Å²) in [6.07, 6.45) is 0.454. The second-order valence-electron chi connectivity index (χ2n) is 5.39. The first-order valence-corrected chi connectivity index (χ1v) is 8.43. The van der Waals surface area contributed by atoms with Gasteiger partial charge in [-0.25, -0.2) is 0 Å². The lowest BCUT2D eigenvalue weighted by atomic mass is 10.2. The van der Waals surface area contributed by atoms with Gasteiger partial charge in [-0.3, -0.25) is 9.79 Å². The van der Waals surface area contributed by atoms with Gasteiger partial charge in [0.15, 0.2) is 5.96 Å². The molecule has 0 atom stereocenters. The van der Waals surface area contributed by atoms with Crippen molar-refractivity contribution in [1.29, 1.82) is 0 Å². The van der Waals surface area contributed by atoms with E-state index in [1.54, 1.807) is 0 Å². The SMILES string of the molecule is CCNC(=NCCC(=O)N(CC)CC)N(C)Cc1ccccc1. The third-order valence-corrected chi connectivity index (χ3v) is 3.66. The molecule has 0 fully saturated rings. The average Bonchev–Trinajstić information content (AvgIpc) is 2.56. The van der Waals surface area contributed by atoms with E-state index in [4.69, 9.17) is 0 Å². The third kappa shape index (κ3) is 6.72. The first-order chi connectivity index (χ1) is 11.1. The second kappa shape index (κ2) is 10.6. The summed E-state index contributed by atoms with van der Waals surface area (Å²) >= 11 is 0. The summed E-state index contributed by atoms with van der Waals surface area (Å²) in [6.45, 7) is 9.67. The molecule has 0 aliphatic carbocycles. The molecular weight excluding hydrogens is 288 g/mol. The van der Waals surface area contributed by atoms with Gasteiger partial charge in [-0.05, 0) is 26.3 Å². The molecule has 1 N–H and O–H groups in total. The van der Waals surface area contributed by atoms with Crippen molar-refractivity contribution in [2.75, 3.05) is 33.2 Å². The second-order valence-corrected chi connectivity index (χ2v) is 5.39. The van der Waals surface area contributed by atoms with Gasteiger partial charge in [-0.1, -0.05) is 30.3 Å². The molecule has 0 aliphatic heterocycles. The predicted molar refractivity (Wildman–Crippen MR) is 96.4 cm³/mol. The van der Waals surface area contributed by atoms with E-state index in [1.807, 2.05) is 50.9 Å². The molecule has 0 saturated heterocycles. The molecule has 0 radical (unpaired) electrons. The molecule has 5 heteroatoms. The number of amides is 1. The van der Waals surface area contributed by atoms with E-state index in [0.29, 0.717) is 13.0 Å². The zero-order valence-corrected chi connectivity index (χ0v) is 14.9. The molecule has 0 spiro atoms. The number of rotatable bonds is 8. The van der Waals surface area contributed by atoms with E-state index >= 15 is 0 Å². The summed E-state index contributed by atoms with van der Waals surface area (Å²) in [6, 6.07) is 10.3. The number of nitrogens with one attached hydrogen (secondary N) is 1. The molecule has 23 heavy (non-hydrogen) atoms. The van der Waals surface area contributed by atoms with Gasteiger partial charge in [-0.2, -0.15) is 0 Å². The highest BCUT2D eigenvalue weighted by Gasteiger charge is 2.10. The minimum atomic E-state index is 0.167. The van der Waals surface area contributed by atoms with Gasteiger partial charge >= 0.3 is 0 Å². The summed E-state index contributed by atoms with van der Waals surface area (Å²) in [5.41, 5.74) is 1.24. The van der Waals surface area contributed by atoms with Gasteiger partial charge in [0.25, 0.3) is 0 Å². The Morgan fingerprint density at radius 1 is 1.13 bits per heavy atom. The third-order valence-electron chi connectivity index (χ3n) is 3.66. The molecule has 0 saturated carbocycles. The molecule has 1 amide bonds. The molecule has 5 nitrogen and oxygen atoms in total. The molecule has 0 aromatic heterocycles. The number of carbonyl (C=O) groups is 1. The normalized spacial score (nSPS) is 11.2. The maximum Gasteiger partial charge on any atom is 0.224 e. The highest BCUT2D eigenvalue weighted by Crippen LogP contribution is 2.03. The van der Waals surface area contributed by atoms with Crippen LogP contribution in [0.25, 0.3) is 0 Å². The van der Waals surface area contributed by atoms with Crippen LogP contribution in [0.4, 0.5) is 0 Å². The number of carbonyl (C=O) groups excluding carboxylic acids is 1. The Morgan fingerprint density at radius 3 is 2.35 bits per heavy atom. The first kappa shape index (κ1) is 19.0. The van der Waals surface area contributed by atoms with Gasteiger partial charge in [0.2, 0.25) is 5.91 Å². The van der Waals surface area contributed by atoms with Crippen LogP contribution >= 0.6 is 0 Å². The number of aliphatic imine (C=N–C) groups is 1. The lowest BCUT2D eigenvalue weighted by Crippen LogP contribution is -2.39. The van der Waals surface area contributed by atoms with E-state index in [1.165, 1.54) is 5.56 Å². The molecule has 0 unspecified atom stereocenters. The highest BCUT2D eigenvalue weighted by molar-refractivity contribution is 5.80. The van der Waals surface area contributed by atoms with Crippen LogP contribution in [0.3, 0.4) is 0 Å². The Balaban J connectivity index is 2.60. The molecular formula is C18H30N4O. The van der Waals surface area contributed by atoms with E-state index in [-0.39, 0.29) is 5.91 Å². The molecule has 0 heterocycles. The Labute approximate surface area is 140 Å². The molecule has 0 aliphatic rings. The van der Waals surface area contributed by atoms with Crippen molar-refractivity contribution in [1.82, 2.24) is 15.1 Å². The quantitative estimate of drug-likeness (QED) is 0.591.